The maximum absolute atomic E-state index is 11.2. The summed E-state index contributed by atoms with van der Waals surface area (Å²) in [6, 6.07) is 11.3. The minimum absolute atomic E-state index is 0.312. The monoisotopic (exact) mass is 272 g/mol. The van der Waals surface area contributed by atoms with Crippen molar-refractivity contribution in [3.63, 3.8) is 0 Å². The average Bonchev–Trinajstić information content (AvgIpc) is 2.44. The number of nitrogens with zero attached hydrogens (tertiary/aromatic N) is 2. The van der Waals surface area contributed by atoms with Gasteiger partial charge in [-0.15, -0.1) is 10.2 Å². The van der Waals surface area contributed by atoms with Gasteiger partial charge in [-0.05, 0) is 38.1 Å². The molecule has 0 spiro atoms. The number of rotatable bonds is 4. The van der Waals surface area contributed by atoms with Crippen molar-refractivity contribution in [2.75, 3.05) is 17.2 Å². The van der Waals surface area contributed by atoms with E-state index in [2.05, 4.69) is 20.8 Å². The maximum Gasteiger partial charge on any atom is 0.412 e. The van der Waals surface area contributed by atoms with Crippen molar-refractivity contribution < 1.29 is 9.53 Å². The maximum atomic E-state index is 11.2. The summed E-state index contributed by atoms with van der Waals surface area (Å²) in [4.78, 5) is 11.2. The number of carbonyl (C=O) groups excluding carboxylic acids is 1. The van der Waals surface area contributed by atoms with Gasteiger partial charge < -0.3 is 10.1 Å². The van der Waals surface area contributed by atoms with Gasteiger partial charge in [-0.1, -0.05) is 17.7 Å². The lowest BCUT2D eigenvalue weighted by molar-refractivity contribution is 0.168. The minimum Gasteiger partial charge on any atom is -0.450 e. The summed E-state index contributed by atoms with van der Waals surface area (Å²) in [6.07, 6.45) is -0.541. The van der Waals surface area contributed by atoms with Gasteiger partial charge in [-0.2, -0.15) is 0 Å². The number of hydrogen-bond donors (Lipinski definition) is 2. The SMILES string of the molecule is CCOC(=O)Nc1ccc(Nc2ccc(C)cc2)nn1. The first kappa shape index (κ1) is 13.8. The molecule has 0 fully saturated rings. The molecule has 104 valence electrons. The van der Waals surface area contributed by atoms with Crippen LogP contribution < -0.4 is 10.6 Å². The molecule has 20 heavy (non-hydrogen) atoms. The first-order valence-electron chi connectivity index (χ1n) is 6.28. The van der Waals surface area contributed by atoms with Gasteiger partial charge in [0, 0.05) is 5.69 Å². The average molecular weight is 272 g/mol. The molecule has 0 radical (unpaired) electrons. The molecule has 0 aliphatic heterocycles. The zero-order chi connectivity index (χ0) is 14.4. The molecule has 0 unspecified atom stereocenters. The van der Waals surface area contributed by atoms with Crippen LogP contribution in [0.3, 0.4) is 0 Å². The number of amides is 1. The largest absolute Gasteiger partial charge is 0.450 e. The minimum atomic E-state index is -0.541. The number of aryl methyl sites for hydroxylation is 1. The quantitative estimate of drug-likeness (QED) is 0.894. The molecule has 6 nitrogen and oxygen atoms in total. The van der Waals surface area contributed by atoms with Crippen molar-refractivity contribution in [1.29, 1.82) is 0 Å². The van der Waals surface area contributed by atoms with Gasteiger partial charge in [0.05, 0.1) is 6.61 Å². The lowest BCUT2D eigenvalue weighted by Gasteiger charge is -2.06. The first-order valence-corrected chi connectivity index (χ1v) is 6.28. The summed E-state index contributed by atoms with van der Waals surface area (Å²) in [6.45, 7) is 4.08. The van der Waals surface area contributed by atoms with E-state index in [0.29, 0.717) is 18.2 Å². The van der Waals surface area contributed by atoms with Crippen LogP contribution in [0.15, 0.2) is 36.4 Å². The second-order valence-electron chi connectivity index (χ2n) is 4.14. The van der Waals surface area contributed by atoms with E-state index < -0.39 is 6.09 Å². The number of benzene rings is 1. The second-order valence-corrected chi connectivity index (χ2v) is 4.14. The Morgan fingerprint density at radius 1 is 1.10 bits per heavy atom. The molecule has 6 heteroatoms. The van der Waals surface area contributed by atoms with Crippen molar-refractivity contribution in [2.45, 2.75) is 13.8 Å². The van der Waals surface area contributed by atoms with Crippen LogP contribution in [-0.4, -0.2) is 22.9 Å². The second kappa shape index (κ2) is 6.51. The third-order valence-corrected chi connectivity index (χ3v) is 2.49. The van der Waals surface area contributed by atoms with E-state index in [1.165, 1.54) is 5.56 Å². The van der Waals surface area contributed by atoms with Crippen LogP contribution in [-0.2, 0) is 4.74 Å². The topological polar surface area (TPSA) is 76.1 Å². The van der Waals surface area contributed by atoms with E-state index >= 15 is 0 Å². The van der Waals surface area contributed by atoms with Gasteiger partial charge >= 0.3 is 6.09 Å². The van der Waals surface area contributed by atoms with Crippen LogP contribution in [0.25, 0.3) is 0 Å². The van der Waals surface area contributed by atoms with Crippen LogP contribution in [0.2, 0.25) is 0 Å². The van der Waals surface area contributed by atoms with Crippen molar-refractivity contribution in [1.82, 2.24) is 10.2 Å². The van der Waals surface area contributed by atoms with Crippen molar-refractivity contribution >= 4 is 23.4 Å². The van der Waals surface area contributed by atoms with Crippen LogP contribution >= 0.6 is 0 Å². The molecule has 1 amide bonds. The highest BCUT2D eigenvalue weighted by Gasteiger charge is 2.04. The van der Waals surface area contributed by atoms with E-state index in [1.807, 2.05) is 31.2 Å². The Labute approximate surface area is 117 Å². The van der Waals surface area contributed by atoms with Crippen LogP contribution in [0, 0.1) is 6.92 Å². The van der Waals surface area contributed by atoms with Crippen LogP contribution in [0.5, 0.6) is 0 Å². The third kappa shape index (κ3) is 3.94. The predicted molar refractivity (Wildman–Crippen MR) is 77.1 cm³/mol. The summed E-state index contributed by atoms with van der Waals surface area (Å²) >= 11 is 0. The summed E-state index contributed by atoms with van der Waals surface area (Å²) in [5.41, 5.74) is 2.12. The van der Waals surface area contributed by atoms with Crippen molar-refractivity contribution in [3.8, 4) is 0 Å². The number of hydrogen-bond acceptors (Lipinski definition) is 5. The Morgan fingerprint density at radius 2 is 1.75 bits per heavy atom. The normalized spacial score (nSPS) is 9.90. The first-order chi connectivity index (χ1) is 9.67. The fourth-order valence-corrected chi connectivity index (χ4v) is 1.52. The van der Waals surface area contributed by atoms with E-state index in [1.54, 1.807) is 19.1 Å². The van der Waals surface area contributed by atoms with E-state index in [9.17, 15) is 4.79 Å². The molecular formula is C14H16N4O2. The van der Waals surface area contributed by atoms with Gasteiger partial charge in [-0.25, -0.2) is 4.79 Å². The number of carbonyl (C=O) groups is 1. The summed E-state index contributed by atoms with van der Waals surface area (Å²) in [5, 5.41) is 13.5. The standard InChI is InChI=1S/C14H16N4O2/c1-3-20-14(19)16-13-9-8-12(17-18-13)15-11-6-4-10(2)5-7-11/h4-9H,3H2,1-2H3,(H,15,17)(H,16,18,19). The van der Waals surface area contributed by atoms with Gasteiger partial charge in [0.1, 0.15) is 0 Å². The highest BCUT2D eigenvalue weighted by atomic mass is 16.5. The van der Waals surface area contributed by atoms with Gasteiger partial charge in [0.15, 0.2) is 11.6 Å². The third-order valence-electron chi connectivity index (χ3n) is 2.49. The van der Waals surface area contributed by atoms with Crippen LogP contribution in [0.1, 0.15) is 12.5 Å². The zero-order valence-electron chi connectivity index (χ0n) is 11.4. The molecule has 1 aromatic heterocycles. The fraction of sp³-hybridized carbons (Fsp3) is 0.214. The smallest absolute Gasteiger partial charge is 0.412 e. The summed E-state index contributed by atoms with van der Waals surface area (Å²) in [7, 11) is 0. The number of nitrogens with one attached hydrogen (secondary N) is 2. The molecule has 0 atom stereocenters. The molecular weight excluding hydrogens is 256 g/mol. The lowest BCUT2D eigenvalue weighted by Crippen LogP contribution is -2.14. The van der Waals surface area contributed by atoms with E-state index in [0.717, 1.165) is 5.69 Å². The Morgan fingerprint density at radius 3 is 2.35 bits per heavy atom. The Hall–Kier alpha value is -2.63. The van der Waals surface area contributed by atoms with Gasteiger partial charge in [-0.3, -0.25) is 5.32 Å². The molecule has 0 aliphatic carbocycles. The van der Waals surface area contributed by atoms with Crippen LogP contribution in [0.4, 0.5) is 22.1 Å². The van der Waals surface area contributed by atoms with Crippen molar-refractivity contribution in [2.24, 2.45) is 0 Å². The fourth-order valence-electron chi connectivity index (χ4n) is 1.52. The molecule has 1 heterocycles. The molecule has 0 saturated carbocycles. The van der Waals surface area contributed by atoms with E-state index in [4.69, 9.17) is 4.74 Å². The van der Waals surface area contributed by atoms with E-state index in [-0.39, 0.29) is 0 Å². The molecule has 2 rings (SSSR count). The highest BCUT2D eigenvalue weighted by molar-refractivity contribution is 5.83. The summed E-state index contributed by atoms with van der Waals surface area (Å²) in [5.74, 6) is 0.946. The zero-order valence-corrected chi connectivity index (χ0v) is 11.4. The number of ether oxygens (including phenoxy) is 1. The molecule has 2 aromatic rings. The molecule has 0 bridgehead atoms. The number of anilines is 3. The van der Waals surface area contributed by atoms with Gasteiger partial charge in [0.25, 0.3) is 0 Å². The molecule has 0 aliphatic rings. The highest BCUT2D eigenvalue weighted by Crippen LogP contribution is 2.15. The molecule has 0 saturated heterocycles. The Kier molecular flexibility index (Phi) is 4.49. The molecule has 1 aromatic carbocycles. The molecule has 2 N–H and O–H groups in total. The lowest BCUT2D eigenvalue weighted by atomic mass is 10.2. The number of aromatic nitrogens is 2. The summed E-state index contributed by atoms with van der Waals surface area (Å²) < 4.78 is 4.75. The predicted octanol–water partition coefficient (Wildman–Crippen LogP) is 3.10. The van der Waals surface area contributed by atoms with Crippen molar-refractivity contribution in [3.05, 3.63) is 42.0 Å². The van der Waals surface area contributed by atoms with Gasteiger partial charge in [0.2, 0.25) is 0 Å². The Bertz CT molecular complexity index is 567. The Balaban J connectivity index is 1.97.